The first-order valence-electron chi connectivity index (χ1n) is 8.83. The predicted molar refractivity (Wildman–Crippen MR) is 108 cm³/mol. The highest BCUT2D eigenvalue weighted by Gasteiger charge is 2.28. The zero-order chi connectivity index (χ0) is 19.3. The Morgan fingerprint density at radius 1 is 1.21 bits per heavy atom. The number of H-pyrrole nitrogens is 1. The fourth-order valence-electron chi connectivity index (χ4n) is 2.97. The van der Waals surface area contributed by atoms with Gasteiger partial charge in [-0.1, -0.05) is 30.3 Å². The number of aromatic nitrogens is 2. The molecule has 3 aromatic rings. The lowest BCUT2D eigenvalue weighted by Gasteiger charge is -2.16. The van der Waals surface area contributed by atoms with Crippen LogP contribution in [0.4, 0.5) is 10.6 Å². The normalized spacial score (nSPS) is 12.9. The first kappa shape index (κ1) is 18.0. The second kappa shape index (κ2) is 8.10. The minimum absolute atomic E-state index is 0.156. The summed E-state index contributed by atoms with van der Waals surface area (Å²) in [5.41, 5.74) is 3.63. The molecule has 3 amide bonds. The molecule has 3 N–H and O–H groups in total. The zero-order valence-electron chi connectivity index (χ0n) is 15.0. The van der Waals surface area contributed by atoms with Gasteiger partial charge >= 0.3 is 6.03 Å². The third-order valence-corrected chi connectivity index (χ3v) is 5.14. The van der Waals surface area contributed by atoms with Crippen LogP contribution in [0.3, 0.4) is 0 Å². The van der Waals surface area contributed by atoms with Gasteiger partial charge < -0.3 is 15.5 Å². The van der Waals surface area contributed by atoms with Crippen molar-refractivity contribution in [2.75, 3.05) is 5.32 Å². The minimum atomic E-state index is -0.246. The molecule has 1 aromatic carbocycles. The Bertz CT molecular complexity index is 995. The number of rotatable bonds is 5. The zero-order valence-corrected chi connectivity index (χ0v) is 15.8. The number of amides is 3. The molecule has 1 aliphatic rings. The highest BCUT2D eigenvalue weighted by atomic mass is 32.1. The summed E-state index contributed by atoms with van der Waals surface area (Å²) >= 11 is 1.58. The van der Waals surface area contributed by atoms with Gasteiger partial charge in [0.05, 0.1) is 18.8 Å². The van der Waals surface area contributed by atoms with Crippen molar-refractivity contribution in [3.05, 3.63) is 75.6 Å². The molecule has 7 nitrogen and oxygen atoms in total. The summed E-state index contributed by atoms with van der Waals surface area (Å²) in [5.74, 6) is 0.290. The van der Waals surface area contributed by atoms with Crippen molar-refractivity contribution in [1.29, 1.82) is 0 Å². The van der Waals surface area contributed by atoms with E-state index in [-0.39, 0.29) is 11.9 Å². The maximum Gasteiger partial charge on any atom is 0.318 e. The molecule has 28 heavy (non-hydrogen) atoms. The number of thiophene rings is 1. The third kappa shape index (κ3) is 4.12. The summed E-state index contributed by atoms with van der Waals surface area (Å²) in [5, 5.41) is 16.7. The number of anilines is 1. The van der Waals surface area contributed by atoms with Crippen molar-refractivity contribution >= 4 is 35.2 Å². The van der Waals surface area contributed by atoms with Gasteiger partial charge in [0.2, 0.25) is 5.91 Å². The SMILES string of the molecule is O=C(/C=C/c1ccsc1)Nc1[nH]nc2c1CN(C(=O)NCc1ccccc1)C2. The van der Waals surface area contributed by atoms with Crippen LogP contribution in [-0.4, -0.2) is 27.0 Å². The molecule has 0 saturated carbocycles. The van der Waals surface area contributed by atoms with Crippen molar-refractivity contribution < 1.29 is 9.59 Å². The van der Waals surface area contributed by atoms with E-state index < -0.39 is 0 Å². The van der Waals surface area contributed by atoms with Crippen LogP contribution in [0.15, 0.2) is 53.2 Å². The van der Waals surface area contributed by atoms with E-state index in [9.17, 15) is 9.59 Å². The number of benzene rings is 1. The molecule has 0 aliphatic carbocycles. The van der Waals surface area contributed by atoms with Crippen LogP contribution in [-0.2, 0) is 24.4 Å². The molecule has 2 aromatic heterocycles. The Morgan fingerprint density at radius 2 is 2.07 bits per heavy atom. The monoisotopic (exact) mass is 393 g/mol. The average molecular weight is 393 g/mol. The Labute approximate surface area is 166 Å². The highest BCUT2D eigenvalue weighted by molar-refractivity contribution is 7.08. The lowest BCUT2D eigenvalue weighted by Crippen LogP contribution is -2.36. The predicted octanol–water partition coefficient (Wildman–Crippen LogP) is 3.35. The standard InChI is InChI=1S/C20H19N5O2S/c26-18(7-6-15-8-9-28-13-15)22-19-16-11-25(12-17(16)23-24-19)20(27)21-10-14-4-2-1-3-5-14/h1-9,13H,10-12H2,(H,21,27)(H2,22,23,24,26)/b7-6+. The fourth-order valence-corrected chi connectivity index (χ4v) is 3.60. The van der Waals surface area contributed by atoms with Crippen molar-refractivity contribution in [3.63, 3.8) is 0 Å². The Hall–Kier alpha value is -3.39. The Morgan fingerprint density at radius 3 is 2.86 bits per heavy atom. The topological polar surface area (TPSA) is 90.1 Å². The van der Waals surface area contributed by atoms with Crippen molar-refractivity contribution in [3.8, 4) is 0 Å². The van der Waals surface area contributed by atoms with E-state index in [0.29, 0.717) is 25.5 Å². The molecular weight excluding hydrogens is 374 g/mol. The molecule has 0 radical (unpaired) electrons. The first-order valence-corrected chi connectivity index (χ1v) is 9.77. The van der Waals surface area contributed by atoms with Crippen LogP contribution < -0.4 is 10.6 Å². The summed E-state index contributed by atoms with van der Waals surface area (Å²) in [7, 11) is 0. The van der Waals surface area contributed by atoms with Crippen LogP contribution in [0.2, 0.25) is 0 Å². The van der Waals surface area contributed by atoms with E-state index in [2.05, 4.69) is 20.8 Å². The number of aromatic amines is 1. The summed E-state index contributed by atoms with van der Waals surface area (Å²) in [4.78, 5) is 26.2. The molecule has 8 heteroatoms. The van der Waals surface area contributed by atoms with Crippen molar-refractivity contribution in [1.82, 2.24) is 20.4 Å². The van der Waals surface area contributed by atoms with Gasteiger partial charge in [-0.15, -0.1) is 0 Å². The minimum Gasteiger partial charge on any atom is -0.334 e. The average Bonchev–Trinajstić information content (AvgIpc) is 3.44. The highest BCUT2D eigenvalue weighted by Crippen LogP contribution is 2.27. The van der Waals surface area contributed by atoms with Gasteiger partial charge in [0.25, 0.3) is 0 Å². The first-order chi connectivity index (χ1) is 13.7. The fraction of sp³-hybridized carbons (Fsp3) is 0.150. The maximum atomic E-state index is 12.4. The van der Waals surface area contributed by atoms with Gasteiger partial charge in [-0.25, -0.2) is 4.79 Å². The van der Waals surface area contributed by atoms with E-state index in [1.807, 2.05) is 47.2 Å². The molecule has 0 unspecified atom stereocenters. The molecule has 0 fully saturated rings. The Balaban J connectivity index is 1.33. The summed E-state index contributed by atoms with van der Waals surface area (Å²) < 4.78 is 0. The quantitative estimate of drug-likeness (QED) is 0.581. The van der Waals surface area contributed by atoms with Gasteiger partial charge in [0.1, 0.15) is 5.82 Å². The van der Waals surface area contributed by atoms with Gasteiger partial charge in [-0.3, -0.25) is 9.89 Å². The second-order valence-electron chi connectivity index (χ2n) is 6.40. The van der Waals surface area contributed by atoms with E-state index in [1.165, 1.54) is 6.08 Å². The maximum absolute atomic E-state index is 12.4. The lowest BCUT2D eigenvalue weighted by atomic mass is 10.2. The largest absolute Gasteiger partial charge is 0.334 e. The number of carbonyl (C=O) groups is 2. The number of nitrogens with one attached hydrogen (secondary N) is 3. The number of hydrogen-bond donors (Lipinski definition) is 3. The number of carbonyl (C=O) groups excluding carboxylic acids is 2. The van der Waals surface area contributed by atoms with Crippen molar-refractivity contribution in [2.45, 2.75) is 19.6 Å². The van der Waals surface area contributed by atoms with Crippen molar-refractivity contribution in [2.24, 2.45) is 0 Å². The summed E-state index contributed by atoms with van der Waals surface area (Å²) in [6.07, 6.45) is 3.24. The molecule has 0 saturated heterocycles. The number of hydrogen-bond acceptors (Lipinski definition) is 4. The molecular formula is C20H19N5O2S. The molecule has 3 heterocycles. The number of urea groups is 1. The molecule has 0 spiro atoms. The van der Waals surface area contributed by atoms with Crippen LogP contribution in [0, 0.1) is 0 Å². The van der Waals surface area contributed by atoms with Gasteiger partial charge in [-0.05, 0) is 34.0 Å². The van der Waals surface area contributed by atoms with Gasteiger partial charge in [0, 0.05) is 18.2 Å². The van der Waals surface area contributed by atoms with Crippen LogP contribution >= 0.6 is 11.3 Å². The van der Waals surface area contributed by atoms with Crippen LogP contribution in [0.5, 0.6) is 0 Å². The number of fused-ring (bicyclic) bond motifs is 1. The van der Waals surface area contributed by atoms with E-state index in [1.54, 1.807) is 22.3 Å². The molecule has 1 aliphatic heterocycles. The Kier molecular flexibility index (Phi) is 5.20. The van der Waals surface area contributed by atoms with Gasteiger partial charge in [0.15, 0.2) is 0 Å². The molecule has 4 rings (SSSR count). The van der Waals surface area contributed by atoms with E-state index >= 15 is 0 Å². The van der Waals surface area contributed by atoms with E-state index in [0.717, 1.165) is 22.4 Å². The number of nitrogens with zero attached hydrogens (tertiary/aromatic N) is 2. The second-order valence-corrected chi connectivity index (χ2v) is 7.18. The van der Waals surface area contributed by atoms with Crippen LogP contribution in [0.1, 0.15) is 22.4 Å². The smallest absolute Gasteiger partial charge is 0.318 e. The lowest BCUT2D eigenvalue weighted by molar-refractivity contribution is -0.111. The third-order valence-electron chi connectivity index (χ3n) is 4.43. The summed E-state index contributed by atoms with van der Waals surface area (Å²) in [6, 6.07) is 11.5. The van der Waals surface area contributed by atoms with Gasteiger partial charge in [-0.2, -0.15) is 16.4 Å². The molecule has 142 valence electrons. The summed E-state index contributed by atoms with van der Waals surface area (Å²) in [6.45, 7) is 1.28. The molecule has 0 atom stereocenters. The van der Waals surface area contributed by atoms with E-state index in [4.69, 9.17) is 0 Å². The molecule has 0 bridgehead atoms. The van der Waals surface area contributed by atoms with Crippen LogP contribution in [0.25, 0.3) is 6.08 Å².